The molecule has 0 aromatic carbocycles. The Bertz CT molecular complexity index is 546. The molecule has 6 nitrogen and oxygen atoms in total. The van der Waals surface area contributed by atoms with Crippen molar-refractivity contribution in [2.24, 2.45) is 7.05 Å². The van der Waals surface area contributed by atoms with Gasteiger partial charge in [0.25, 0.3) is 0 Å². The van der Waals surface area contributed by atoms with Gasteiger partial charge in [-0.15, -0.1) is 10.2 Å². The third-order valence-corrected chi connectivity index (χ3v) is 2.85. The molecular weight excluding hydrogens is 240 g/mol. The van der Waals surface area contributed by atoms with E-state index in [9.17, 15) is 0 Å². The zero-order chi connectivity index (χ0) is 13.8. The number of nitrogens with one attached hydrogen (secondary N) is 1. The average molecular weight is 260 g/mol. The lowest BCUT2D eigenvalue weighted by Gasteiger charge is -2.10. The van der Waals surface area contributed by atoms with Crippen molar-refractivity contribution in [2.75, 3.05) is 11.9 Å². The van der Waals surface area contributed by atoms with Crippen LogP contribution in [0.5, 0.6) is 0 Å². The van der Waals surface area contributed by atoms with Crippen LogP contribution >= 0.6 is 0 Å². The van der Waals surface area contributed by atoms with E-state index in [1.54, 1.807) is 6.33 Å². The number of hydrogen-bond donors (Lipinski definition) is 1. The first-order valence-corrected chi connectivity index (χ1v) is 6.48. The van der Waals surface area contributed by atoms with Gasteiger partial charge in [0, 0.05) is 37.7 Å². The zero-order valence-electron chi connectivity index (χ0n) is 11.9. The maximum atomic E-state index is 4.51. The smallest absolute Gasteiger partial charge is 0.134 e. The van der Waals surface area contributed by atoms with E-state index in [-0.39, 0.29) is 0 Å². The first kappa shape index (κ1) is 13.5. The monoisotopic (exact) mass is 260 g/mol. The molecule has 2 aromatic rings. The lowest BCUT2D eigenvalue weighted by atomic mass is 10.2. The molecule has 6 heteroatoms. The number of hydrogen-bond acceptors (Lipinski definition) is 5. The predicted molar refractivity (Wildman–Crippen MR) is 74.1 cm³/mol. The lowest BCUT2D eigenvalue weighted by molar-refractivity contribution is 0.761. The van der Waals surface area contributed by atoms with Gasteiger partial charge in [0.2, 0.25) is 0 Å². The molecule has 19 heavy (non-hydrogen) atoms. The molecule has 0 atom stereocenters. The fourth-order valence-corrected chi connectivity index (χ4v) is 1.78. The van der Waals surface area contributed by atoms with Crippen LogP contribution in [-0.4, -0.2) is 31.3 Å². The van der Waals surface area contributed by atoms with Crippen molar-refractivity contribution in [2.45, 2.75) is 33.1 Å². The Hall–Kier alpha value is -1.98. The summed E-state index contributed by atoms with van der Waals surface area (Å²) in [6, 6.07) is 1.96. The van der Waals surface area contributed by atoms with Crippen molar-refractivity contribution < 1.29 is 0 Å². The van der Waals surface area contributed by atoms with Gasteiger partial charge >= 0.3 is 0 Å². The first-order chi connectivity index (χ1) is 9.06. The summed E-state index contributed by atoms with van der Waals surface area (Å²) in [6.07, 6.45) is 2.53. The molecule has 0 aliphatic rings. The minimum absolute atomic E-state index is 0.333. The van der Waals surface area contributed by atoms with Gasteiger partial charge in [-0.2, -0.15) is 0 Å². The number of nitrogens with zero attached hydrogens (tertiary/aromatic N) is 5. The van der Waals surface area contributed by atoms with Crippen LogP contribution in [0.15, 0.2) is 12.4 Å². The molecule has 0 saturated heterocycles. The number of anilines is 1. The van der Waals surface area contributed by atoms with Crippen LogP contribution in [0, 0.1) is 6.92 Å². The standard InChI is InChI=1S/C13H20N6/c1-9(2)13-16-10(3)7-11(17-13)14-6-5-12-18-15-8-19(12)4/h7-9H,5-6H2,1-4H3,(H,14,16,17). The van der Waals surface area contributed by atoms with Gasteiger partial charge in [-0.3, -0.25) is 0 Å². The average Bonchev–Trinajstić information content (AvgIpc) is 2.74. The Balaban J connectivity index is 1.98. The van der Waals surface area contributed by atoms with E-state index < -0.39 is 0 Å². The highest BCUT2D eigenvalue weighted by atomic mass is 15.2. The predicted octanol–water partition coefficient (Wildman–Crippen LogP) is 1.69. The second kappa shape index (κ2) is 5.77. The van der Waals surface area contributed by atoms with Gasteiger partial charge < -0.3 is 9.88 Å². The van der Waals surface area contributed by atoms with Crippen LogP contribution in [-0.2, 0) is 13.5 Å². The highest BCUT2D eigenvalue weighted by molar-refractivity contribution is 5.36. The Morgan fingerprint density at radius 1 is 1.32 bits per heavy atom. The molecule has 1 N–H and O–H groups in total. The molecule has 2 aromatic heterocycles. The van der Waals surface area contributed by atoms with E-state index in [0.717, 1.165) is 36.1 Å². The molecule has 0 saturated carbocycles. The molecule has 0 aliphatic carbocycles. The summed E-state index contributed by atoms with van der Waals surface area (Å²) < 4.78 is 1.92. The molecule has 0 aliphatic heterocycles. The van der Waals surface area contributed by atoms with Crippen LogP contribution in [0.2, 0.25) is 0 Å². The minimum Gasteiger partial charge on any atom is -0.370 e. The Kier molecular flexibility index (Phi) is 4.09. The van der Waals surface area contributed by atoms with Crippen molar-refractivity contribution in [1.82, 2.24) is 24.7 Å². The molecule has 2 rings (SSSR count). The van der Waals surface area contributed by atoms with Crippen molar-refractivity contribution in [3.63, 3.8) is 0 Å². The molecule has 2 heterocycles. The van der Waals surface area contributed by atoms with Crippen LogP contribution in [0.1, 0.15) is 37.1 Å². The van der Waals surface area contributed by atoms with Crippen molar-refractivity contribution in [3.05, 3.63) is 29.7 Å². The molecule has 0 bridgehead atoms. The summed E-state index contributed by atoms with van der Waals surface area (Å²) in [5.41, 5.74) is 0.986. The van der Waals surface area contributed by atoms with Crippen molar-refractivity contribution >= 4 is 5.82 Å². The SMILES string of the molecule is Cc1cc(NCCc2nncn2C)nc(C(C)C)n1. The van der Waals surface area contributed by atoms with E-state index in [4.69, 9.17) is 0 Å². The van der Waals surface area contributed by atoms with Gasteiger partial charge in [0.1, 0.15) is 23.8 Å². The summed E-state index contributed by atoms with van der Waals surface area (Å²) >= 11 is 0. The van der Waals surface area contributed by atoms with Crippen LogP contribution < -0.4 is 5.32 Å². The Labute approximate surface area is 113 Å². The maximum Gasteiger partial charge on any atom is 0.134 e. The summed E-state index contributed by atoms with van der Waals surface area (Å²) in [4.78, 5) is 8.94. The molecule has 102 valence electrons. The third kappa shape index (κ3) is 3.49. The van der Waals surface area contributed by atoms with Crippen molar-refractivity contribution in [3.8, 4) is 0 Å². The fraction of sp³-hybridized carbons (Fsp3) is 0.538. The second-order valence-corrected chi connectivity index (χ2v) is 4.94. The quantitative estimate of drug-likeness (QED) is 0.886. The third-order valence-electron chi connectivity index (χ3n) is 2.85. The van der Waals surface area contributed by atoms with Gasteiger partial charge in [-0.05, 0) is 6.92 Å². The Morgan fingerprint density at radius 3 is 2.74 bits per heavy atom. The first-order valence-electron chi connectivity index (χ1n) is 6.48. The number of aromatic nitrogens is 5. The highest BCUT2D eigenvalue weighted by Crippen LogP contribution is 2.13. The van der Waals surface area contributed by atoms with E-state index in [1.807, 2.05) is 24.6 Å². The summed E-state index contributed by atoms with van der Waals surface area (Å²) in [5, 5.41) is 11.2. The molecule has 0 radical (unpaired) electrons. The van der Waals surface area contributed by atoms with E-state index >= 15 is 0 Å². The molecule has 0 spiro atoms. The molecule has 0 fully saturated rings. The van der Waals surface area contributed by atoms with E-state index in [2.05, 4.69) is 39.3 Å². The van der Waals surface area contributed by atoms with E-state index in [1.165, 1.54) is 0 Å². The van der Waals surface area contributed by atoms with Crippen LogP contribution in [0.25, 0.3) is 0 Å². The summed E-state index contributed by atoms with van der Waals surface area (Å²) in [5.74, 6) is 3.04. The topological polar surface area (TPSA) is 68.5 Å². The second-order valence-electron chi connectivity index (χ2n) is 4.94. The van der Waals surface area contributed by atoms with Crippen LogP contribution in [0.3, 0.4) is 0 Å². The van der Waals surface area contributed by atoms with Gasteiger partial charge in [-0.1, -0.05) is 13.8 Å². The van der Waals surface area contributed by atoms with Gasteiger partial charge in [0.05, 0.1) is 0 Å². The Morgan fingerprint density at radius 2 is 2.11 bits per heavy atom. The van der Waals surface area contributed by atoms with Gasteiger partial charge in [0.15, 0.2) is 0 Å². The normalized spacial score (nSPS) is 11.0. The number of aryl methyl sites for hydroxylation is 2. The summed E-state index contributed by atoms with van der Waals surface area (Å²) in [7, 11) is 1.95. The van der Waals surface area contributed by atoms with Crippen LogP contribution in [0.4, 0.5) is 5.82 Å². The fourth-order valence-electron chi connectivity index (χ4n) is 1.78. The molecular formula is C13H20N6. The van der Waals surface area contributed by atoms with E-state index in [0.29, 0.717) is 5.92 Å². The highest BCUT2D eigenvalue weighted by Gasteiger charge is 2.06. The lowest BCUT2D eigenvalue weighted by Crippen LogP contribution is -2.11. The molecule has 0 unspecified atom stereocenters. The summed E-state index contributed by atoms with van der Waals surface area (Å²) in [6.45, 7) is 6.96. The zero-order valence-corrected chi connectivity index (χ0v) is 11.9. The van der Waals surface area contributed by atoms with Crippen molar-refractivity contribution in [1.29, 1.82) is 0 Å². The number of rotatable bonds is 5. The maximum absolute atomic E-state index is 4.51. The largest absolute Gasteiger partial charge is 0.370 e. The minimum atomic E-state index is 0.333. The molecule has 0 amide bonds. The van der Waals surface area contributed by atoms with Gasteiger partial charge in [-0.25, -0.2) is 9.97 Å².